The van der Waals surface area contributed by atoms with Crippen molar-refractivity contribution in [1.82, 2.24) is 5.32 Å². The van der Waals surface area contributed by atoms with Gasteiger partial charge in [0.1, 0.15) is 6.54 Å². The van der Waals surface area contributed by atoms with Crippen molar-refractivity contribution in [2.45, 2.75) is 45.1 Å². The van der Waals surface area contributed by atoms with Gasteiger partial charge in [0, 0.05) is 5.02 Å². The van der Waals surface area contributed by atoms with Crippen LogP contribution in [0.1, 0.15) is 43.0 Å². The Kier molecular flexibility index (Phi) is 8.39. The molecule has 1 atom stereocenters. The highest BCUT2D eigenvalue weighted by atomic mass is 35.5. The summed E-state index contributed by atoms with van der Waals surface area (Å²) in [6.07, 6.45) is 0.733. The molecule has 34 heavy (non-hydrogen) atoms. The fourth-order valence-corrected chi connectivity index (χ4v) is 5.44. The molecule has 0 aliphatic heterocycles. The van der Waals surface area contributed by atoms with Crippen LogP contribution >= 0.6 is 11.6 Å². The zero-order valence-electron chi connectivity index (χ0n) is 20.0. The van der Waals surface area contributed by atoms with Crippen molar-refractivity contribution in [3.8, 4) is 0 Å². The molecule has 3 aromatic rings. The zero-order chi connectivity index (χ0) is 24.9. The van der Waals surface area contributed by atoms with E-state index in [1.165, 1.54) is 0 Å². The lowest BCUT2D eigenvalue weighted by atomic mass is 9.97. The Morgan fingerprint density at radius 1 is 0.971 bits per heavy atom. The smallest absolute Gasteiger partial charge is 0.264 e. The molecule has 0 aromatic heterocycles. The first-order valence-corrected chi connectivity index (χ1v) is 13.1. The zero-order valence-corrected chi connectivity index (χ0v) is 21.5. The van der Waals surface area contributed by atoms with Gasteiger partial charge in [0.2, 0.25) is 5.91 Å². The van der Waals surface area contributed by atoms with E-state index in [4.69, 9.17) is 11.6 Å². The minimum absolute atomic E-state index is 0.118. The lowest BCUT2D eigenvalue weighted by Crippen LogP contribution is -2.42. The van der Waals surface area contributed by atoms with Crippen LogP contribution in [0, 0.1) is 19.8 Å². The van der Waals surface area contributed by atoms with E-state index in [2.05, 4.69) is 19.2 Å². The third-order valence-corrected chi connectivity index (χ3v) is 7.59. The highest BCUT2D eigenvalue weighted by molar-refractivity contribution is 7.92. The maximum absolute atomic E-state index is 13.7. The van der Waals surface area contributed by atoms with Crippen molar-refractivity contribution in [2.24, 2.45) is 5.92 Å². The number of benzene rings is 3. The first-order chi connectivity index (χ1) is 16.1. The Bertz CT molecular complexity index is 1230. The fraction of sp³-hybridized carbons (Fsp3) is 0.296. The Balaban J connectivity index is 1.97. The minimum atomic E-state index is -4.01. The maximum atomic E-state index is 13.7. The van der Waals surface area contributed by atoms with Gasteiger partial charge in [-0.15, -0.1) is 0 Å². The third-order valence-electron chi connectivity index (χ3n) is 5.58. The molecule has 0 spiro atoms. The molecule has 1 N–H and O–H groups in total. The van der Waals surface area contributed by atoms with Gasteiger partial charge in [0.15, 0.2) is 0 Å². The Morgan fingerprint density at radius 2 is 1.62 bits per heavy atom. The van der Waals surface area contributed by atoms with Crippen molar-refractivity contribution < 1.29 is 13.2 Å². The van der Waals surface area contributed by atoms with Crippen molar-refractivity contribution in [3.63, 3.8) is 0 Å². The molecular formula is C27H31ClN2O3S. The van der Waals surface area contributed by atoms with Gasteiger partial charge >= 0.3 is 0 Å². The van der Waals surface area contributed by atoms with E-state index in [0.717, 1.165) is 21.9 Å². The van der Waals surface area contributed by atoms with Gasteiger partial charge in [-0.2, -0.15) is 0 Å². The predicted molar refractivity (Wildman–Crippen MR) is 139 cm³/mol. The average molecular weight is 499 g/mol. The Labute approximate surface area is 207 Å². The van der Waals surface area contributed by atoms with E-state index in [1.807, 2.05) is 37.3 Å². The van der Waals surface area contributed by atoms with Crippen LogP contribution in [-0.4, -0.2) is 20.9 Å². The van der Waals surface area contributed by atoms with Gasteiger partial charge in [-0.1, -0.05) is 79.5 Å². The van der Waals surface area contributed by atoms with Gasteiger partial charge < -0.3 is 5.32 Å². The number of hydrogen-bond donors (Lipinski definition) is 1. The Morgan fingerprint density at radius 3 is 2.24 bits per heavy atom. The van der Waals surface area contributed by atoms with E-state index in [1.54, 1.807) is 49.4 Å². The molecular weight excluding hydrogens is 468 g/mol. The van der Waals surface area contributed by atoms with E-state index in [0.29, 0.717) is 22.2 Å². The number of sulfonamides is 1. The fourth-order valence-electron chi connectivity index (χ4n) is 3.79. The molecule has 0 aliphatic carbocycles. The van der Waals surface area contributed by atoms with Crippen molar-refractivity contribution in [2.75, 3.05) is 10.8 Å². The summed E-state index contributed by atoms with van der Waals surface area (Å²) in [5, 5.41) is 3.45. The second-order valence-electron chi connectivity index (χ2n) is 8.92. The van der Waals surface area contributed by atoms with Crippen LogP contribution < -0.4 is 9.62 Å². The highest BCUT2D eigenvalue weighted by Crippen LogP contribution is 2.30. The van der Waals surface area contributed by atoms with Crippen molar-refractivity contribution in [3.05, 3.63) is 94.5 Å². The molecule has 5 nitrogen and oxygen atoms in total. The molecule has 7 heteroatoms. The summed E-state index contributed by atoms with van der Waals surface area (Å²) in [5.41, 5.74) is 3.01. The number of nitrogens with zero attached hydrogens (tertiary/aromatic N) is 1. The van der Waals surface area contributed by atoms with Crippen LogP contribution in [0.15, 0.2) is 77.7 Å². The number of nitrogens with one attached hydrogen (secondary N) is 1. The third kappa shape index (κ3) is 6.39. The molecule has 0 saturated carbocycles. The van der Waals surface area contributed by atoms with E-state index in [9.17, 15) is 13.2 Å². The predicted octanol–water partition coefficient (Wildman–Crippen LogP) is 6.06. The SMILES string of the molecule is Cc1ccc(S(=O)(=O)N(CC(=O)N[C@H](CC(C)C)c2ccccc2)c2cc(Cl)ccc2C)cc1. The van der Waals surface area contributed by atoms with Crippen molar-refractivity contribution in [1.29, 1.82) is 0 Å². The molecule has 0 saturated heterocycles. The van der Waals surface area contributed by atoms with Gasteiger partial charge in [0.25, 0.3) is 10.0 Å². The maximum Gasteiger partial charge on any atom is 0.264 e. The van der Waals surface area contributed by atoms with Gasteiger partial charge in [-0.3, -0.25) is 9.10 Å². The number of rotatable bonds is 9. The molecule has 1 amide bonds. The minimum Gasteiger partial charge on any atom is -0.348 e. The molecule has 3 aromatic carbocycles. The summed E-state index contributed by atoms with van der Waals surface area (Å²) in [7, 11) is -4.01. The number of carbonyl (C=O) groups excluding carboxylic acids is 1. The van der Waals surface area contributed by atoms with Gasteiger partial charge in [0.05, 0.1) is 16.6 Å². The number of anilines is 1. The van der Waals surface area contributed by atoms with Crippen LogP contribution in [0.3, 0.4) is 0 Å². The highest BCUT2D eigenvalue weighted by Gasteiger charge is 2.29. The summed E-state index contributed by atoms with van der Waals surface area (Å²) in [5.74, 6) is -0.0439. The van der Waals surface area contributed by atoms with Gasteiger partial charge in [-0.25, -0.2) is 8.42 Å². The second kappa shape index (κ2) is 11.1. The average Bonchev–Trinajstić information content (AvgIpc) is 2.79. The van der Waals surface area contributed by atoms with E-state index >= 15 is 0 Å². The van der Waals surface area contributed by atoms with E-state index in [-0.39, 0.29) is 23.4 Å². The topological polar surface area (TPSA) is 66.5 Å². The first kappa shape index (κ1) is 25.8. The van der Waals surface area contributed by atoms with Crippen LogP contribution in [0.2, 0.25) is 5.02 Å². The molecule has 0 bridgehead atoms. The molecule has 0 heterocycles. The Hall–Kier alpha value is -2.83. The van der Waals surface area contributed by atoms with Gasteiger partial charge in [-0.05, 0) is 61.6 Å². The summed E-state index contributed by atoms with van der Waals surface area (Å²) in [6.45, 7) is 7.50. The standard InChI is InChI=1S/C27H31ClN2O3S/c1-19(2)16-25(22-8-6-5-7-9-22)29-27(31)18-30(26-17-23(28)13-12-21(26)4)34(32,33)24-14-10-20(3)11-15-24/h5-15,17,19,25H,16,18H2,1-4H3,(H,29,31)/t25-/m1/s1. The summed E-state index contributed by atoms with van der Waals surface area (Å²) in [4.78, 5) is 13.4. The van der Waals surface area contributed by atoms with Crippen LogP contribution in [0.5, 0.6) is 0 Å². The molecule has 0 unspecified atom stereocenters. The van der Waals surface area contributed by atoms with Crippen molar-refractivity contribution >= 4 is 33.2 Å². The lowest BCUT2D eigenvalue weighted by Gasteiger charge is -2.27. The lowest BCUT2D eigenvalue weighted by molar-refractivity contribution is -0.120. The molecule has 0 radical (unpaired) electrons. The summed E-state index contributed by atoms with van der Waals surface area (Å²) < 4.78 is 28.5. The number of amides is 1. The van der Waals surface area contributed by atoms with E-state index < -0.39 is 10.0 Å². The normalized spacial score (nSPS) is 12.4. The van der Waals surface area contributed by atoms with Crippen LogP contribution in [0.4, 0.5) is 5.69 Å². The summed E-state index contributed by atoms with van der Waals surface area (Å²) in [6, 6.07) is 21.1. The molecule has 0 aliphatic rings. The number of halogens is 1. The number of aryl methyl sites for hydroxylation is 2. The summed E-state index contributed by atoms with van der Waals surface area (Å²) >= 11 is 6.21. The molecule has 180 valence electrons. The quantitative estimate of drug-likeness (QED) is 0.390. The molecule has 3 rings (SSSR count). The second-order valence-corrected chi connectivity index (χ2v) is 11.2. The first-order valence-electron chi connectivity index (χ1n) is 11.3. The largest absolute Gasteiger partial charge is 0.348 e. The van der Waals surface area contributed by atoms with Crippen LogP contribution in [0.25, 0.3) is 0 Å². The molecule has 0 fully saturated rings. The monoisotopic (exact) mass is 498 g/mol. The van der Waals surface area contributed by atoms with Crippen LogP contribution in [-0.2, 0) is 14.8 Å². The number of hydrogen-bond acceptors (Lipinski definition) is 3. The number of carbonyl (C=O) groups is 1.